The normalized spacial score (nSPS) is 13.2. The fraction of sp³-hybridized carbons (Fsp3) is 0.750. The van der Waals surface area contributed by atoms with Crippen molar-refractivity contribution in [1.82, 2.24) is 4.98 Å². The average molecular weight is 241 g/mol. The van der Waals surface area contributed by atoms with Gasteiger partial charge in [-0.15, -0.1) is 0 Å². The van der Waals surface area contributed by atoms with Crippen LogP contribution >= 0.6 is 11.3 Å². The second kappa shape index (κ2) is 5.64. The zero-order valence-corrected chi connectivity index (χ0v) is 11.8. The van der Waals surface area contributed by atoms with E-state index in [0.29, 0.717) is 5.92 Å². The summed E-state index contributed by atoms with van der Waals surface area (Å²) < 4.78 is 0. The SMILES string of the molecule is CCN(CC)c1nc(C(C)C)c(C(C)N)s1. The number of hydrogen-bond donors (Lipinski definition) is 1. The summed E-state index contributed by atoms with van der Waals surface area (Å²) in [4.78, 5) is 8.25. The van der Waals surface area contributed by atoms with E-state index >= 15 is 0 Å². The zero-order chi connectivity index (χ0) is 12.3. The van der Waals surface area contributed by atoms with Crippen LogP contribution < -0.4 is 10.6 Å². The quantitative estimate of drug-likeness (QED) is 0.861. The minimum atomic E-state index is 0.0826. The van der Waals surface area contributed by atoms with Crippen LogP contribution in [0.5, 0.6) is 0 Å². The third-order valence-corrected chi connectivity index (χ3v) is 4.00. The number of rotatable bonds is 5. The fourth-order valence-corrected chi connectivity index (χ4v) is 3.00. The summed E-state index contributed by atoms with van der Waals surface area (Å²) in [7, 11) is 0. The maximum absolute atomic E-state index is 6.00. The first-order chi connectivity index (χ1) is 7.51. The summed E-state index contributed by atoms with van der Waals surface area (Å²) in [6.07, 6.45) is 0. The number of anilines is 1. The van der Waals surface area contributed by atoms with Crippen LogP contribution in [0.2, 0.25) is 0 Å². The first-order valence-corrected chi connectivity index (χ1v) is 6.83. The Hall–Kier alpha value is -0.610. The fourth-order valence-electron chi connectivity index (χ4n) is 1.70. The van der Waals surface area contributed by atoms with Crippen molar-refractivity contribution in [1.29, 1.82) is 0 Å². The third kappa shape index (κ3) is 2.74. The lowest BCUT2D eigenvalue weighted by Crippen LogP contribution is -2.21. The molecule has 1 atom stereocenters. The number of aromatic nitrogens is 1. The van der Waals surface area contributed by atoms with Crippen LogP contribution in [-0.2, 0) is 0 Å². The molecule has 0 fully saturated rings. The highest BCUT2D eigenvalue weighted by Crippen LogP contribution is 2.33. The summed E-state index contributed by atoms with van der Waals surface area (Å²) in [5, 5.41) is 1.11. The van der Waals surface area contributed by atoms with Gasteiger partial charge >= 0.3 is 0 Å². The molecule has 16 heavy (non-hydrogen) atoms. The van der Waals surface area contributed by atoms with Gasteiger partial charge in [0.05, 0.1) is 5.69 Å². The molecule has 2 N–H and O–H groups in total. The Kier molecular flexibility index (Phi) is 4.74. The first kappa shape index (κ1) is 13.5. The molecule has 0 aromatic carbocycles. The second-order valence-corrected chi connectivity index (χ2v) is 5.37. The van der Waals surface area contributed by atoms with E-state index in [1.54, 1.807) is 11.3 Å². The average Bonchev–Trinajstić information content (AvgIpc) is 2.64. The van der Waals surface area contributed by atoms with E-state index in [1.165, 1.54) is 10.6 Å². The molecule has 0 spiro atoms. The van der Waals surface area contributed by atoms with Crippen LogP contribution in [0.3, 0.4) is 0 Å². The standard InChI is InChI=1S/C12H23N3S/c1-6-15(7-2)12-14-10(8(3)4)11(16-12)9(5)13/h8-9H,6-7,13H2,1-5H3. The van der Waals surface area contributed by atoms with Gasteiger partial charge in [0.25, 0.3) is 0 Å². The highest BCUT2D eigenvalue weighted by Gasteiger charge is 2.18. The number of hydrogen-bond acceptors (Lipinski definition) is 4. The number of thiazole rings is 1. The molecule has 1 heterocycles. The number of nitrogens with zero attached hydrogens (tertiary/aromatic N) is 2. The Morgan fingerprint density at radius 3 is 2.12 bits per heavy atom. The molecule has 1 rings (SSSR count). The molecule has 0 amide bonds. The lowest BCUT2D eigenvalue weighted by atomic mass is 10.1. The van der Waals surface area contributed by atoms with E-state index in [1.807, 2.05) is 6.92 Å². The van der Waals surface area contributed by atoms with Gasteiger partial charge in [-0.25, -0.2) is 4.98 Å². The van der Waals surface area contributed by atoms with Gasteiger partial charge in [-0.1, -0.05) is 25.2 Å². The molecule has 1 unspecified atom stereocenters. The Bertz CT molecular complexity index is 302. The molecule has 0 saturated carbocycles. The van der Waals surface area contributed by atoms with Gasteiger partial charge in [0, 0.05) is 24.0 Å². The Labute approximate surface area is 103 Å². The maximum Gasteiger partial charge on any atom is 0.185 e. The highest BCUT2D eigenvalue weighted by atomic mass is 32.1. The summed E-state index contributed by atoms with van der Waals surface area (Å²) >= 11 is 1.74. The van der Waals surface area contributed by atoms with E-state index in [2.05, 4.69) is 32.6 Å². The van der Waals surface area contributed by atoms with Crippen LogP contribution in [0.4, 0.5) is 5.13 Å². The molecule has 0 radical (unpaired) electrons. The van der Waals surface area contributed by atoms with Crippen LogP contribution in [0.25, 0.3) is 0 Å². The van der Waals surface area contributed by atoms with Crippen molar-refractivity contribution in [2.45, 2.75) is 46.6 Å². The molecule has 0 aliphatic heterocycles. The summed E-state index contributed by atoms with van der Waals surface area (Å²) in [6, 6.07) is 0.0826. The summed E-state index contributed by atoms with van der Waals surface area (Å²) in [5.74, 6) is 0.446. The van der Waals surface area contributed by atoms with Gasteiger partial charge in [0.15, 0.2) is 5.13 Å². The van der Waals surface area contributed by atoms with Crippen LogP contribution in [0.1, 0.15) is 57.1 Å². The van der Waals surface area contributed by atoms with Crippen molar-refractivity contribution >= 4 is 16.5 Å². The Balaban J connectivity index is 3.10. The van der Waals surface area contributed by atoms with E-state index in [0.717, 1.165) is 18.2 Å². The van der Waals surface area contributed by atoms with Gasteiger partial charge in [-0.05, 0) is 26.7 Å². The Morgan fingerprint density at radius 2 is 1.81 bits per heavy atom. The van der Waals surface area contributed by atoms with Gasteiger partial charge in [0.1, 0.15) is 0 Å². The second-order valence-electron chi connectivity index (χ2n) is 4.36. The van der Waals surface area contributed by atoms with Crippen molar-refractivity contribution in [2.75, 3.05) is 18.0 Å². The van der Waals surface area contributed by atoms with Gasteiger partial charge in [-0.2, -0.15) is 0 Å². The maximum atomic E-state index is 6.00. The molecule has 0 aliphatic rings. The van der Waals surface area contributed by atoms with Crippen molar-refractivity contribution in [2.24, 2.45) is 5.73 Å². The molecule has 0 saturated heterocycles. The van der Waals surface area contributed by atoms with Gasteiger partial charge in [-0.3, -0.25) is 0 Å². The van der Waals surface area contributed by atoms with Crippen LogP contribution in [-0.4, -0.2) is 18.1 Å². The van der Waals surface area contributed by atoms with Crippen molar-refractivity contribution in [3.8, 4) is 0 Å². The summed E-state index contributed by atoms with van der Waals surface area (Å²) in [5.41, 5.74) is 7.17. The third-order valence-electron chi connectivity index (χ3n) is 2.66. The van der Waals surface area contributed by atoms with E-state index in [9.17, 15) is 0 Å². The van der Waals surface area contributed by atoms with Gasteiger partial charge in [0.2, 0.25) is 0 Å². The molecule has 1 aromatic heterocycles. The molecule has 0 aliphatic carbocycles. The molecular weight excluding hydrogens is 218 g/mol. The van der Waals surface area contributed by atoms with Crippen LogP contribution in [0, 0.1) is 0 Å². The smallest absolute Gasteiger partial charge is 0.185 e. The van der Waals surface area contributed by atoms with Crippen molar-refractivity contribution in [3.63, 3.8) is 0 Å². The Morgan fingerprint density at radius 1 is 1.25 bits per heavy atom. The minimum absolute atomic E-state index is 0.0826. The molecule has 4 heteroatoms. The number of nitrogens with two attached hydrogens (primary N) is 1. The monoisotopic (exact) mass is 241 g/mol. The predicted octanol–water partition coefficient (Wildman–Crippen LogP) is 3.13. The highest BCUT2D eigenvalue weighted by molar-refractivity contribution is 7.15. The lowest BCUT2D eigenvalue weighted by molar-refractivity contribution is 0.758. The molecule has 1 aromatic rings. The predicted molar refractivity (Wildman–Crippen MR) is 72.4 cm³/mol. The minimum Gasteiger partial charge on any atom is -0.349 e. The largest absolute Gasteiger partial charge is 0.349 e. The summed E-state index contributed by atoms with van der Waals surface area (Å²) in [6.45, 7) is 12.7. The first-order valence-electron chi connectivity index (χ1n) is 6.02. The van der Waals surface area contributed by atoms with Gasteiger partial charge < -0.3 is 10.6 Å². The van der Waals surface area contributed by atoms with Crippen molar-refractivity contribution < 1.29 is 0 Å². The van der Waals surface area contributed by atoms with E-state index < -0.39 is 0 Å². The topological polar surface area (TPSA) is 42.2 Å². The van der Waals surface area contributed by atoms with E-state index in [4.69, 9.17) is 10.7 Å². The molecule has 92 valence electrons. The van der Waals surface area contributed by atoms with Crippen molar-refractivity contribution in [3.05, 3.63) is 10.6 Å². The molecule has 0 bridgehead atoms. The molecular formula is C12H23N3S. The molecule has 3 nitrogen and oxygen atoms in total. The zero-order valence-electron chi connectivity index (χ0n) is 10.9. The lowest BCUT2D eigenvalue weighted by Gasteiger charge is -2.16. The van der Waals surface area contributed by atoms with Crippen LogP contribution in [0.15, 0.2) is 0 Å². The van der Waals surface area contributed by atoms with E-state index in [-0.39, 0.29) is 6.04 Å².